The Bertz CT molecular complexity index is 574. The van der Waals surface area contributed by atoms with Gasteiger partial charge < -0.3 is 5.32 Å². The standard InChI is InChI=1S/C15H17ClN2/c1-15(2)12(16)9-13(15)18-14-11-6-4-3-5-10(11)7-8-17-14/h3-8,12-13H,9H2,1-2H3,(H,17,18). The molecule has 1 aliphatic rings. The van der Waals surface area contributed by atoms with Gasteiger partial charge in [-0.25, -0.2) is 4.98 Å². The zero-order valence-corrected chi connectivity index (χ0v) is 11.4. The number of alkyl halides is 1. The Morgan fingerprint density at radius 1 is 1.28 bits per heavy atom. The quantitative estimate of drug-likeness (QED) is 0.824. The Balaban J connectivity index is 1.92. The Labute approximate surface area is 112 Å². The van der Waals surface area contributed by atoms with Crippen molar-refractivity contribution in [2.45, 2.75) is 31.7 Å². The lowest BCUT2D eigenvalue weighted by Crippen LogP contribution is -2.54. The molecule has 3 heteroatoms. The normalized spacial score (nSPS) is 25.7. The fourth-order valence-electron chi connectivity index (χ4n) is 2.52. The van der Waals surface area contributed by atoms with Crippen LogP contribution in [0.15, 0.2) is 36.5 Å². The number of fused-ring (bicyclic) bond motifs is 1. The van der Waals surface area contributed by atoms with Crippen molar-refractivity contribution < 1.29 is 0 Å². The zero-order chi connectivity index (χ0) is 12.8. The fraction of sp³-hybridized carbons (Fsp3) is 0.400. The van der Waals surface area contributed by atoms with Crippen molar-refractivity contribution in [1.29, 1.82) is 0 Å². The van der Waals surface area contributed by atoms with Gasteiger partial charge >= 0.3 is 0 Å². The van der Waals surface area contributed by atoms with Gasteiger partial charge in [0.25, 0.3) is 0 Å². The van der Waals surface area contributed by atoms with E-state index in [2.05, 4.69) is 36.3 Å². The largest absolute Gasteiger partial charge is 0.366 e. The minimum absolute atomic E-state index is 0.125. The van der Waals surface area contributed by atoms with Crippen LogP contribution < -0.4 is 5.32 Å². The summed E-state index contributed by atoms with van der Waals surface area (Å²) in [6, 6.07) is 10.8. The Morgan fingerprint density at radius 2 is 2.06 bits per heavy atom. The van der Waals surface area contributed by atoms with Crippen molar-refractivity contribution in [2.75, 3.05) is 5.32 Å². The third-order valence-electron chi connectivity index (χ3n) is 4.13. The average Bonchev–Trinajstić information content (AvgIpc) is 2.39. The summed E-state index contributed by atoms with van der Waals surface area (Å²) in [6.45, 7) is 4.41. The van der Waals surface area contributed by atoms with Crippen LogP contribution in [0.4, 0.5) is 5.82 Å². The van der Waals surface area contributed by atoms with E-state index in [-0.39, 0.29) is 10.8 Å². The van der Waals surface area contributed by atoms with Crippen LogP contribution in [0.1, 0.15) is 20.3 Å². The van der Waals surface area contributed by atoms with Crippen molar-refractivity contribution in [3.05, 3.63) is 36.5 Å². The number of nitrogens with zero attached hydrogens (tertiary/aromatic N) is 1. The van der Waals surface area contributed by atoms with Crippen LogP contribution in [0.3, 0.4) is 0 Å². The lowest BCUT2D eigenvalue weighted by Gasteiger charge is -2.49. The Morgan fingerprint density at radius 3 is 2.78 bits per heavy atom. The fourth-order valence-corrected chi connectivity index (χ4v) is 2.85. The SMILES string of the molecule is CC1(C)C(Cl)CC1Nc1nccc2ccccc12. The van der Waals surface area contributed by atoms with Crippen LogP contribution >= 0.6 is 11.6 Å². The number of rotatable bonds is 2. The average molecular weight is 261 g/mol. The summed E-state index contributed by atoms with van der Waals surface area (Å²) in [5.74, 6) is 0.967. The zero-order valence-electron chi connectivity index (χ0n) is 10.7. The summed E-state index contributed by atoms with van der Waals surface area (Å²) in [7, 11) is 0. The smallest absolute Gasteiger partial charge is 0.134 e. The molecule has 94 valence electrons. The molecule has 2 unspecified atom stereocenters. The summed E-state index contributed by atoms with van der Waals surface area (Å²) in [5.41, 5.74) is 0.125. The maximum Gasteiger partial charge on any atom is 0.134 e. The van der Waals surface area contributed by atoms with Gasteiger partial charge in [-0.3, -0.25) is 0 Å². The van der Waals surface area contributed by atoms with E-state index >= 15 is 0 Å². The second-order valence-electron chi connectivity index (χ2n) is 5.60. The molecule has 2 nitrogen and oxygen atoms in total. The molecule has 3 rings (SSSR count). The van der Waals surface area contributed by atoms with Crippen molar-refractivity contribution in [1.82, 2.24) is 4.98 Å². The van der Waals surface area contributed by atoms with E-state index in [1.165, 1.54) is 10.8 Å². The summed E-state index contributed by atoms with van der Waals surface area (Å²) in [6.07, 6.45) is 2.86. The van der Waals surface area contributed by atoms with Crippen molar-refractivity contribution in [2.24, 2.45) is 5.41 Å². The maximum absolute atomic E-state index is 6.26. The van der Waals surface area contributed by atoms with Gasteiger partial charge in [0.2, 0.25) is 0 Å². The number of hydrogen-bond donors (Lipinski definition) is 1. The first-order valence-corrected chi connectivity index (χ1v) is 6.77. The number of anilines is 1. The third-order valence-corrected chi connectivity index (χ3v) is 4.87. The molecule has 2 aromatic rings. The van der Waals surface area contributed by atoms with E-state index in [1.807, 2.05) is 24.4 Å². The number of hydrogen-bond acceptors (Lipinski definition) is 2. The predicted molar refractivity (Wildman–Crippen MR) is 77.2 cm³/mol. The van der Waals surface area contributed by atoms with Gasteiger partial charge in [0.05, 0.1) is 0 Å². The van der Waals surface area contributed by atoms with Crippen LogP contribution in [0.5, 0.6) is 0 Å². The molecule has 1 fully saturated rings. The molecular formula is C15H17ClN2. The van der Waals surface area contributed by atoms with Gasteiger partial charge in [-0.1, -0.05) is 38.1 Å². The Kier molecular flexibility index (Phi) is 2.70. The minimum Gasteiger partial charge on any atom is -0.366 e. The summed E-state index contributed by atoms with van der Waals surface area (Å²) in [5, 5.41) is 6.19. The van der Waals surface area contributed by atoms with E-state index in [4.69, 9.17) is 11.6 Å². The van der Waals surface area contributed by atoms with Crippen LogP contribution in [0.25, 0.3) is 10.8 Å². The molecule has 0 aliphatic heterocycles. The van der Waals surface area contributed by atoms with E-state index in [0.717, 1.165) is 12.2 Å². The summed E-state index contributed by atoms with van der Waals surface area (Å²) in [4.78, 5) is 4.47. The lowest BCUT2D eigenvalue weighted by atomic mass is 9.67. The molecule has 0 spiro atoms. The number of halogens is 1. The van der Waals surface area contributed by atoms with Gasteiger partial charge in [-0.05, 0) is 17.9 Å². The van der Waals surface area contributed by atoms with Crippen LogP contribution in [-0.4, -0.2) is 16.4 Å². The first-order chi connectivity index (χ1) is 8.59. The van der Waals surface area contributed by atoms with E-state index < -0.39 is 0 Å². The van der Waals surface area contributed by atoms with E-state index in [0.29, 0.717) is 6.04 Å². The molecule has 2 atom stereocenters. The Hall–Kier alpha value is -1.28. The molecule has 0 amide bonds. The number of pyridine rings is 1. The molecule has 0 saturated heterocycles. The molecule has 1 N–H and O–H groups in total. The third kappa shape index (κ3) is 1.76. The number of aromatic nitrogens is 1. The van der Waals surface area contributed by atoms with Gasteiger partial charge in [0, 0.05) is 28.4 Å². The van der Waals surface area contributed by atoms with E-state index in [1.54, 1.807) is 0 Å². The van der Waals surface area contributed by atoms with Gasteiger partial charge in [-0.2, -0.15) is 0 Å². The van der Waals surface area contributed by atoms with Gasteiger partial charge in [0.15, 0.2) is 0 Å². The molecule has 0 radical (unpaired) electrons. The second-order valence-corrected chi connectivity index (χ2v) is 6.13. The number of nitrogens with one attached hydrogen (secondary N) is 1. The van der Waals surface area contributed by atoms with Gasteiger partial charge in [0.1, 0.15) is 5.82 Å². The molecule has 0 bridgehead atoms. The van der Waals surface area contributed by atoms with E-state index in [9.17, 15) is 0 Å². The first kappa shape index (κ1) is 11.8. The second kappa shape index (κ2) is 4.13. The topological polar surface area (TPSA) is 24.9 Å². The molecule has 1 aromatic carbocycles. The molecule has 18 heavy (non-hydrogen) atoms. The van der Waals surface area contributed by atoms with Crippen molar-refractivity contribution in [3.8, 4) is 0 Å². The van der Waals surface area contributed by atoms with Crippen LogP contribution in [0, 0.1) is 5.41 Å². The highest BCUT2D eigenvalue weighted by molar-refractivity contribution is 6.22. The maximum atomic E-state index is 6.26. The monoisotopic (exact) mass is 260 g/mol. The highest BCUT2D eigenvalue weighted by Gasteiger charge is 2.47. The number of benzene rings is 1. The molecular weight excluding hydrogens is 244 g/mol. The molecule has 1 aromatic heterocycles. The van der Waals surface area contributed by atoms with Crippen LogP contribution in [0.2, 0.25) is 0 Å². The molecule has 1 aliphatic carbocycles. The summed E-state index contributed by atoms with van der Waals surface area (Å²) < 4.78 is 0. The van der Waals surface area contributed by atoms with Crippen molar-refractivity contribution in [3.63, 3.8) is 0 Å². The first-order valence-electron chi connectivity index (χ1n) is 6.33. The molecule has 1 saturated carbocycles. The molecule has 1 heterocycles. The highest BCUT2D eigenvalue weighted by Crippen LogP contribution is 2.46. The highest BCUT2D eigenvalue weighted by atomic mass is 35.5. The van der Waals surface area contributed by atoms with Crippen molar-refractivity contribution >= 4 is 28.2 Å². The minimum atomic E-state index is 0.125. The lowest BCUT2D eigenvalue weighted by molar-refractivity contribution is 0.168. The van der Waals surface area contributed by atoms with Gasteiger partial charge in [-0.15, -0.1) is 11.6 Å². The predicted octanol–water partition coefficient (Wildman–Crippen LogP) is 4.05. The van der Waals surface area contributed by atoms with Crippen LogP contribution in [-0.2, 0) is 0 Å². The summed E-state index contributed by atoms with van der Waals surface area (Å²) >= 11 is 6.26.